The van der Waals surface area contributed by atoms with Crippen LogP contribution in [0.2, 0.25) is 0 Å². The summed E-state index contributed by atoms with van der Waals surface area (Å²) in [4.78, 5) is 21.8. The van der Waals surface area contributed by atoms with Crippen molar-refractivity contribution in [3.05, 3.63) is 102 Å². The van der Waals surface area contributed by atoms with E-state index in [0.29, 0.717) is 16.8 Å². The maximum absolute atomic E-state index is 12.9. The normalized spacial score (nSPS) is 11.1. The minimum Gasteiger partial charge on any atom is -0.304 e. The highest BCUT2D eigenvalue weighted by atomic mass is 16.1. The zero-order valence-electron chi connectivity index (χ0n) is 16.4. The highest BCUT2D eigenvalue weighted by Gasteiger charge is 2.17. The third-order valence-corrected chi connectivity index (χ3v) is 5.14. The molecule has 0 N–H and O–H groups in total. The smallest absolute Gasteiger partial charge is 0.198 e. The second-order valence-electron chi connectivity index (χ2n) is 6.94. The van der Waals surface area contributed by atoms with Gasteiger partial charge in [-0.2, -0.15) is 5.10 Å². The molecule has 0 aliphatic heterocycles. The van der Waals surface area contributed by atoms with Crippen LogP contribution in [0.25, 0.3) is 22.6 Å². The van der Waals surface area contributed by atoms with Gasteiger partial charge >= 0.3 is 0 Å². The average molecular weight is 393 g/mol. The molecule has 0 spiro atoms. The Balaban J connectivity index is 1.61. The van der Waals surface area contributed by atoms with Crippen LogP contribution in [-0.2, 0) is 6.42 Å². The Morgan fingerprint density at radius 3 is 2.67 bits per heavy atom. The molecule has 0 atom stereocenters. The van der Waals surface area contributed by atoms with Crippen LogP contribution < -0.4 is 0 Å². The van der Waals surface area contributed by atoms with Crippen LogP contribution in [0.5, 0.6) is 0 Å². The molecule has 0 saturated heterocycles. The van der Waals surface area contributed by atoms with E-state index in [9.17, 15) is 4.79 Å². The summed E-state index contributed by atoms with van der Waals surface area (Å²) in [6.07, 6.45) is 7.93. The summed E-state index contributed by atoms with van der Waals surface area (Å²) < 4.78 is 3.80. The van der Waals surface area contributed by atoms with Crippen molar-refractivity contribution in [1.82, 2.24) is 24.1 Å². The van der Waals surface area contributed by atoms with Crippen LogP contribution >= 0.6 is 0 Å². The minimum absolute atomic E-state index is 0.0880. The fourth-order valence-corrected chi connectivity index (χ4v) is 3.66. The van der Waals surface area contributed by atoms with Crippen molar-refractivity contribution >= 4 is 11.4 Å². The van der Waals surface area contributed by atoms with Crippen LogP contribution in [0.3, 0.4) is 0 Å². The number of carbonyl (C=O) groups is 1. The topological polar surface area (TPSA) is 65.1 Å². The Labute approximate surface area is 173 Å². The monoisotopic (exact) mass is 393 g/mol. The van der Waals surface area contributed by atoms with E-state index in [2.05, 4.69) is 38.7 Å². The Kier molecular flexibility index (Phi) is 4.44. The number of aryl methyl sites for hydroxylation is 1. The van der Waals surface area contributed by atoms with Gasteiger partial charge in [-0.25, -0.2) is 14.5 Å². The molecule has 0 unspecified atom stereocenters. The van der Waals surface area contributed by atoms with Gasteiger partial charge in [0, 0.05) is 41.8 Å². The van der Waals surface area contributed by atoms with Crippen LogP contribution in [0.15, 0.2) is 85.5 Å². The van der Waals surface area contributed by atoms with Gasteiger partial charge in [-0.15, -0.1) is 0 Å². The largest absolute Gasteiger partial charge is 0.304 e. The summed E-state index contributed by atoms with van der Waals surface area (Å²) in [5.74, 6) is 0.914. The van der Waals surface area contributed by atoms with Gasteiger partial charge in [0.05, 0.1) is 17.5 Å². The molecular weight excluding hydrogens is 374 g/mol. The van der Waals surface area contributed by atoms with Gasteiger partial charge in [-0.1, -0.05) is 49.4 Å². The number of nitrogens with zero attached hydrogens (tertiary/aromatic N) is 5. The van der Waals surface area contributed by atoms with E-state index in [0.717, 1.165) is 29.2 Å². The number of imidazole rings is 1. The van der Waals surface area contributed by atoms with Crippen molar-refractivity contribution in [2.45, 2.75) is 13.3 Å². The maximum atomic E-state index is 12.9. The Morgan fingerprint density at radius 2 is 1.83 bits per heavy atom. The summed E-state index contributed by atoms with van der Waals surface area (Å²) in [5, 5.41) is 4.48. The summed E-state index contributed by atoms with van der Waals surface area (Å²) >= 11 is 0. The standard InChI is InChI=1S/C24H19N5O/c1-2-22-25-13-14-28(22)19-10-6-9-18(15-19)21-11-12-26-24-20(16-27-29(21)24)23(30)17-7-4-3-5-8-17/h3-16H,2H2,1H3. The van der Waals surface area contributed by atoms with E-state index in [1.807, 2.05) is 48.8 Å². The van der Waals surface area contributed by atoms with Gasteiger partial charge in [0.15, 0.2) is 11.4 Å². The van der Waals surface area contributed by atoms with E-state index in [1.54, 1.807) is 29.0 Å². The predicted octanol–water partition coefficient (Wildman–Crippen LogP) is 4.38. The summed E-state index contributed by atoms with van der Waals surface area (Å²) in [6.45, 7) is 2.09. The molecule has 0 amide bonds. The predicted molar refractivity (Wildman–Crippen MR) is 115 cm³/mol. The van der Waals surface area contributed by atoms with Crippen LogP contribution in [0, 0.1) is 0 Å². The molecule has 0 aliphatic rings. The highest BCUT2D eigenvalue weighted by molar-refractivity contribution is 6.12. The molecule has 146 valence electrons. The minimum atomic E-state index is -0.0880. The molecule has 0 fully saturated rings. The average Bonchev–Trinajstić information content (AvgIpc) is 3.46. The van der Waals surface area contributed by atoms with Crippen molar-refractivity contribution in [2.24, 2.45) is 0 Å². The Morgan fingerprint density at radius 1 is 0.967 bits per heavy atom. The second-order valence-corrected chi connectivity index (χ2v) is 6.94. The molecule has 6 nitrogen and oxygen atoms in total. The Bertz CT molecular complexity index is 1350. The van der Waals surface area contributed by atoms with Gasteiger partial charge in [-0.05, 0) is 18.2 Å². The molecule has 5 aromatic rings. The van der Waals surface area contributed by atoms with Crippen molar-refractivity contribution in [1.29, 1.82) is 0 Å². The lowest BCUT2D eigenvalue weighted by molar-refractivity contribution is 0.104. The van der Waals surface area contributed by atoms with Crippen molar-refractivity contribution in [3.63, 3.8) is 0 Å². The molecule has 0 saturated carbocycles. The molecular formula is C24H19N5O. The van der Waals surface area contributed by atoms with E-state index in [-0.39, 0.29) is 5.78 Å². The van der Waals surface area contributed by atoms with Gasteiger partial charge in [0.1, 0.15) is 5.82 Å². The molecule has 0 bridgehead atoms. The third-order valence-electron chi connectivity index (χ3n) is 5.14. The van der Waals surface area contributed by atoms with Crippen molar-refractivity contribution in [2.75, 3.05) is 0 Å². The first-order valence-corrected chi connectivity index (χ1v) is 9.82. The molecule has 3 heterocycles. The van der Waals surface area contributed by atoms with Gasteiger partial charge in [0.2, 0.25) is 0 Å². The number of carbonyl (C=O) groups excluding carboxylic acids is 1. The third kappa shape index (κ3) is 2.99. The molecule has 3 aromatic heterocycles. The first-order chi connectivity index (χ1) is 14.8. The van der Waals surface area contributed by atoms with Crippen LogP contribution in [0.1, 0.15) is 28.7 Å². The van der Waals surface area contributed by atoms with Gasteiger partial charge < -0.3 is 4.57 Å². The number of hydrogen-bond acceptors (Lipinski definition) is 4. The number of ketones is 1. The van der Waals surface area contributed by atoms with E-state index < -0.39 is 0 Å². The number of aromatic nitrogens is 5. The number of hydrogen-bond donors (Lipinski definition) is 0. The number of fused-ring (bicyclic) bond motifs is 1. The molecule has 2 aromatic carbocycles. The van der Waals surface area contributed by atoms with E-state index >= 15 is 0 Å². The van der Waals surface area contributed by atoms with Crippen molar-refractivity contribution in [3.8, 4) is 16.9 Å². The quantitative estimate of drug-likeness (QED) is 0.416. The van der Waals surface area contributed by atoms with E-state index in [4.69, 9.17) is 0 Å². The summed E-state index contributed by atoms with van der Waals surface area (Å²) in [6, 6.07) is 19.3. The number of benzene rings is 2. The lowest BCUT2D eigenvalue weighted by Crippen LogP contribution is -2.03. The second kappa shape index (κ2) is 7.40. The SMILES string of the molecule is CCc1nccn1-c1cccc(-c2ccnc3c(C(=O)c4ccccc4)cnn23)c1. The lowest BCUT2D eigenvalue weighted by atomic mass is 10.1. The fourth-order valence-electron chi connectivity index (χ4n) is 3.66. The van der Waals surface area contributed by atoms with Crippen LogP contribution in [-0.4, -0.2) is 29.9 Å². The zero-order chi connectivity index (χ0) is 20.5. The zero-order valence-corrected chi connectivity index (χ0v) is 16.4. The lowest BCUT2D eigenvalue weighted by Gasteiger charge is -2.10. The molecule has 0 aliphatic carbocycles. The maximum Gasteiger partial charge on any atom is 0.198 e. The highest BCUT2D eigenvalue weighted by Crippen LogP contribution is 2.25. The fraction of sp³-hybridized carbons (Fsp3) is 0.0833. The molecule has 0 radical (unpaired) electrons. The summed E-state index contributed by atoms with van der Waals surface area (Å²) in [5.41, 5.74) is 4.53. The molecule has 30 heavy (non-hydrogen) atoms. The Hall–Kier alpha value is -4.06. The van der Waals surface area contributed by atoms with E-state index in [1.165, 1.54) is 0 Å². The molecule has 6 heteroatoms. The first kappa shape index (κ1) is 18.0. The molecule has 5 rings (SSSR count). The number of rotatable bonds is 5. The summed E-state index contributed by atoms with van der Waals surface area (Å²) in [7, 11) is 0. The first-order valence-electron chi connectivity index (χ1n) is 9.82. The van der Waals surface area contributed by atoms with Gasteiger partial charge in [-0.3, -0.25) is 4.79 Å². The van der Waals surface area contributed by atoms with Gasteiger partial charge in [0.25, 0.3) is 0 Å². The van der Waals surface area contributed by atoms with Crippen molar-refractivity contribution < 1.29 is 4.79 Å². The van der Waals surface area contributed by atoms with Crippen LogP contribution in [0.4, 0.5) is 0 Å².